The van der Waals surface area contributed by atoms with Crippen molar-refractivity contribution < 1.29 is 14.6 Å². The van der Waals surface area contributed by atoms with Crippen molar-refractivity contribution in [1.82, 2.24) is 10.3 Å². The molecule has 1 unspecified atom stereocenters. The molecule has 5 heteroatoms. The molecule has 0 amide bonds. The van der Waals surface area contributed by atoms with E-state index in [1.165, 1.54) is 7.11 Å². The van der Waals surface area contributed by atoms with Gasteiger partial charge in [0.2, 0.25) is 0 Å². The van der Waals surface area contributed by atoms with Crippen molar-refractivity contribution in [3.8, 4) is 0 Å². The van der Waals surface area contributed by atoms with Crippen molar-refractivity contribution in [3.63, 3.8) is 0 Å². The van der Waals surface area contributed by atoms with Gasteiger partial charge in [0.1, 0.15) is 12.5 Å². The molecule has 0 spiro atoms. The Bertz CT molecular complexity index is 305. The normalized spacial score (nSPS) is 14.4. The first-order chi connectivity index (χ1) is 7.76. The number of ether oxygens (including phenoxy) is 1. The van der Waals surface area contributed by atoms with Crippen LogP contribution in [-0.2, 0) is 16.0 Å². The highest BCUT2D eigenvalue weighted by molar-refractivity contribution is 5.58. The van der Waals surface area contributed by atoms with Crippen LogP contribution in [0.25, 0.3) is 0 Å². The van der Waals surface area contributed by atoms with E-state index in [4.69, 9.17) is 4.74 Å². The maximum Gasteiger partial charge on any atom is 0.137 e. The summed E-state index contributed by atoms with van der Waals surface area (Å²) in [6.45, 7) is 0.153. The van der Waals surface area contributed by atoms with Gasteiger partial charge in [-0.15, -0.1) is 0 Å². The molecule has 1 heterocycles. The van der Waals surface area contributed by atoms with Gasteiger partial charge in [-0.3, -0.25) is 10.3 Å². The molecular weight excluding hydrogens is 208 g/mol. The van der Waals surface area contributed by atoms with Crippen molar-refractivity contribution in [2.45, 2.75) is 18.7 Å². The molecule has 5 nitrogen and oxygen atoms in total. The molecule has 0 fully saturated rings. The van der Waals surface area contributed by atoms with Crippen molar-refractivity contribution in [3.05, 3.63) is 30.1 Å². The van der Waals surface area contributed by atoms with Gasteiger partial charge in [0, 0.05) is 19.5 Å². The summed E-state index contributed by atoms with van der Waals surface area (Å²) in [5, 5.41) is 12.2. The monoisotopic (exact) mass is 224 g/mol. The second kappa shape index (κ2) is 7.05. The van der Waals surface area contributed by atoms with E-state index in [1.807, 2.05) is 12.1 Å². The van der Waals surface area contributed by atoms with Gasteiger partial charge >= 0.3 is 0 Å². The summed E-state index contributed by atoms with van der Waals surface area (Å²) in [5.74, 6) is 0. The summed E-state index contributed by atoms with van der Waals surface area (Å²) >= 11 is 0. The summed E-state index contributed by atoms with van der Waals surface area (Å²) < 4.78 is 4.76. The number of methoxy groups -OCH3 is 1. The summed E-state index contributed by atoms with van der Waals surface area (Å²) in [7, 11) is 1.49. The predicted octanol–water partition coefficient (Wildman–Crippen LogP) is -0.254. The number of hydrogen-bond donors (Lipinski definition) is 2. The number of aliphatic hydroxyl groups excluding tert-OH is 1. The number of aromatic nitrogens is 1. The third-order valence-electron chi connectivity index (χ3n) is 2.10. The Kier molecular flexibility index (Phi) is 5.63. The van der Waals surface area contributed by atoms with Crippen LogP contribution in [0, 0.1) is 0 Å². The van der Waals surface area contributed by atoms with Crippen LogP contribution in [0.3, 0.4) is 0 Å². The van der Waals surface area contributed by atoms with Crippen molar-refractivity contribution >= 4 is 6.29 Å². The van der Waals surface area contributed by atoms with E-state index in [9.17, 15) is 9.90 Å². The van der Waals surface area contributed by atoms with Gasteiger partial charge in [-0.25, -0.2) is 0 Å². The number of pyridine rings is 1. The van der Waals surface area contributed by atoms with Gasteiger partial charge in [-0.1, -0.05) is 0 Å². The molecule has 0 saturated carbocycles. The van der Waals surface area contributed by atoms with Crippen LogP contribution in [-0.4, -0.2) is 42.4 Å². The number of rotatable bonds is 7. The van der Waals surface area contributed by atoms with Crippen LogP contribution >= 0.6 is 0 Å². The SMILES string of the molecule is COCC(O)N[C@H](C=O)Cc1ccncc1. The minimum absolute atomic E-state index is 0.153. The largest absolute Gasteiger partial charge is 0.381 e. The lowest BCUT2D eigenvalue weighted by Gasteiger charge is -2.17. The fraction of sp³-hybridized carbons (Fsp3) is 0.455. The van der Waals surface area contributed by atoms with E-state index in [2.05, 4.69) is 10.3 Å². The number of aldehydes is 1. The highest BCUT2D eigenvalue weighted by Gasteiger charge is 2.12. The zero-order valence-corrected chi connectivity index (χ0v) is 9.17. The Labute approximate surface area is 94.5 Å². The van der Waals surface area contributed by atoms with E-state index >= 15 is 0 Å². The van der Waals surface area contributed by atoms with Gasteiger partial charge in [-0.05, 0) is 24.1 Å². The third-order valence-corrected chi connectivity index (χ3v) is 2.10. The number of nitrogens with one attached hydrogen (secondary N) is 1. The molecule has 0 aromatic carbocycles. The van der Waals surface area contributed by atoms with Crippen molar-refractivity contribution in [2.75, 3.05) is 13.7 Å². The van der Waals surface area contributed by atoms with Gasteiger partial charge in [0.15, 0.2) is 0 Å². The number of aliphatic hydroxyl groups is 1. The molecule has 2 atom stereocenters. The molecule has 1 aromatic rings. The Morgan fingerprint density at radius 1 is 1.56 bits per heavy atom. The predicted molar refractivity (Wildman–Crippen MR) is 58.8 cm³/mol. The Morgan fingerprint density at radius 3 is 2.81 bits per heavy atom. The van der Waals surface area contributed by atoms with E-state index in [-0.39, 0.29) is 6.61 Å². The highest BCUT2D eigenvalue weighted by atomic mass is 16.5. The zero-order chi connectivity index (χ0) is 11.8. The highest BCUT2D eigenvalue weighted by Crippen LogP contribution is 2.00. The van der Waals surface area contributed by atoms with E-state index in [0.29, 0.717) is 6.42 Å². The van der Waals surface area contributed by atoms with Crippen molar-refractivity contribution in [1.29, 1.82) is 0 Å². The molecule has 0 radical (unpaired) electrons. The van der Waals surface area contributed by atoms with Gasteiger partial charge in [-0.2, -0.15) is 0 Å². The first kappa shape index (κ1) is 12.8. The van der Waals surface area contributed by atoms with Crippen molar-refractivity contribution in [2.24, 2.45) is 0 Å². The first-order valence-corrected chi connectivity index (χ1v) is 5.03. The molecule has 0 saturated heterocycles. The molecule has 1 aromatic heterocycles. The molecule has 1 rings (SSSR count). The smallest absolute Gasteiger partial charge is 0.137 e. The number of nitrogens with zero attached hydrogens (tertiary/aromatic N) is 1. The van der Waals surface area contributed by atoms with E-state index in [0.717, 1.165) is 11.8 Å². The lowest BCUT2D eigenvalue weighted by molar-refractivity contribution is -0.110. The van der Waals surface area contributed by atoms with E-state index in [1.54, 1.807) is 12.4 Å². The fourth-order valence-corrected chi connectivity index (χ4v) is 1.37. The third kappa shape index (κ3) is 4.48. The topological polar surface area (TPSA) is 71.5 Å². The number of carbonyl (C=O) groups excluding carboxylic acids is 1. The Morgan fingerprint density at radius 2 is 2.25 bits per heavy atom. The summed E-state index contributed by atoms with van der Waals surface area (Å²) in [6, 6.07) is 3.24. The molecule has 16 heavy (non-hydrogen) atoms. The zero-order valence-electron chi connectivity index (χ0n) is 9.17. The molecule has 88 valence electrons. The minimum Gasteiger partial charge on any atom is -0.381 e. The maximum atomic E-state index is 10.8. The average molecular weight is 224 g/mol. The quantitative estimate of drug-likeness (QED) is 0.493. The van der Waals surface area contributed by atoms with Gasteiger partial charge < -0.3 is 14.6 Å². The van der Waals surface area contributed by atoms with Crippen LogP contribution in [0.1, 0.15) is 5.56 Å². The Hall–Kier alpha value is -1.30. The van der Waals surface area contributed by atoms with Crippen LogP contribution in [0.4, 0.5) is 0 Å². The molecule has 0 aliphatic carbocycles. The lowest BCUT2D eigenvalue weighted by atomic mass is 10.1. The molecule has 2 N–H and O–H groups in total. The number of hydrogen-bond acceptors (Lipinski definition) is 5. The van der Waals surface area contributed by atoms with E-state index < -0.39 is 12.3 Å². The molecule has 0 bridgehead atoms. The van der Waals surface area contributed by atoms with Crippen LogP contribution in [0.5, 0.6) is 0 Å². The summed E-state index contributed by atoms with van der Waals surface area (Å²) in [6.07, 6.45) is 3.81. The van der Waals surface area contributed by atoms with Crippen LogP contribution < -0.4 is 5.32 Å². The Balaban J connectivity index is 2.46. The van der Waals surface area contributed by atoms with Crippen LogP contribution in [0.2, 0.25) is 0 Å². The standard InChI is InChI=1S/C11H16N2O3/c1-16-8-11(15)13-10(7-14)6-9-2-4-12-5-3-9/h2-5,7,10-11,13,15H,6,8H2,1H3/t10-,11?/m0/s1. The average Bonchev–Trinajstić information content (AvgIpc) is 2.30. The molecular formula is C11H16N2O3. The lowest BCUT2D eigenvalue weighted by Crippen LogP contribution is -2.42. The fourth-order valence-electron chi connectivity index (χ4n) is 1.37. The minimum atomic E-state index is -0.831. The summed E-state index contributed by atoms with van der Waals surface area (Å²) in [4.78, 5) is 14.7. The van der Waals surface area contributed by atoms with Gasteiger partial charge in [0.05, 0.1) is 12.6 Å². The van der Waals surface area contributed by atoms with Crippen LogP contribution in [0.15, 0.2) is 24.5 Å². The first-order valence-electron chi connectivity index (χ1n) is 5.03. The molecule has 0 aliphatic rings. The number of carbonyl (C=O) groups is 1. The van der Waals surface area contributed by atoms with Gasteiger partial charge in [0.25, 0.3) is 0 Å². The maximum absolute atomic E-state index is 10.8. The molecule has 0 aliphatic heterocycles. The summed E-state index contributed by atoms with van der Waals surface area (Å²) in [5.41, 5.74) is 0.990. The second-order valence-corrected chi connectivity index (χ2v) is 3.44. The second-order valence-electron chi connectivity index (χ2n) is 3.44.